The van der Waals surface area contributed by atoms with Crippen molar-refractivity contribution in [3.63, 3.8) is 0 Å². The highest BCUT2D eigenvalue weighted by molar-refractivity contribution is 5.77. The molecule has 0 aromatic carbocycles. The highest BCUT2D eigenvalue weighted by Crippen LogP contribution is 2.27. The molecular weight excluding hydrogens is 188 g/mol. The maximum atomic E-state index is 11.3. The Morgan fingerprint density at radius 1 is 1.40 bits per heavy atom. The topological polar surface area (TPSA) is 41.1 Å². The summed E-state index contributed by atoms with van der Waals surface area (Å²) >= 11 is 0. The Kier molecular flexibility index (Phi) is 5.69. The molecule has 1 fully saturated rings. The molecule has 1 aliphatic rings. The molecule has 2 N–H and O–H groups in total. The predicted octanol–water partition coefficient (Wildman–Crippen LogP) is 1.54. The summed E-state index contributed by atoms with van der Waals surface area (Å²) in [5.41, 5.74) is 0. The number of hydrogen-bond donors (Lipinski definition) is 2. The minimum atomic E-state index is 0.138. The molecular formula is C12H24N2O. The predicted molar refractivity (Wildman–Crippen MR) is 62.7 cm³/mol. The molecule has 3 heteroatoms. The second kappa shape index (κ2) is 6.83. The lowest BCUT2D eigenvalue weighted by molar-refractivity contribution is -0.120. The van der Waals surface area contributed by atoms with Crippen LogP contribution in [0.3, 0.4) is 0 Å². The third kappa shape index (κ3) is 7.37. The van der Waals surface area contributed by atoms with Crippen molar-refractivity contribution in [2.24, 2.45) is 11.8 Å². The van der Waals surface area contributed by atoms with E-state index < -0.39 is 0 Å². The zero-order valence-electron chi connectivity index (χ0n) is 10.0. The number of carbonyl (C=O) groups excluding carboxylic acids is 1. The van der Waals surface area contributed by atoms with Gasteiger partial charge in [0.15, 0.2) is 0 Å². The first kappa shape index (κ1) is 12.5. The van der Waals surface area contributed by atoms with Crippen LogP contribution in [0, 0.1) is 11.8 Å². The van der Waals surface area contributed by atoms with E-state index >= 15 is 0 Å². The van der Waals surface area contributed by atoms with Crippen LogP contribution in [-0.2, 0) is 4.79 Å². The van der Waals surface area contributed by atoms with Gasteiger partial charge in [0.25, 0.3) is 0 Å². The van der Waals surface area contributed by atoms with Crippen molar-refractivity contribution >= 4 is 5.91 Å². The Morgan fingerprint density at radius 3 is 2.73 bits per heavy atom. The lowest BCUT2D eigenvalue weighted by atomic mass is 10.1. The van der Waals surface area contributed by atoms with E-state index in [0.29, 0.717) is 6.54 Å². The minimum Gasteiger partial charge on any atom is -0.355 e. The van der Waals surface area contributed by atoms with Crippen LogP contribution in [0.4, 0.5) is 0 Å². The van der Waals surface area contributed by atoms with E-state index in [1.807, 2.05) is 0 Å². The molecule has 0 unspecified atom stereocenters. The second-order valence-corrected chi connectivity index (χ2v) is 4.96. The fourth-order valence-corrected chi connectivity index (χ4v) is 1.51. The summed E-state index contributed by atoms with van der Waals surface area (Å²) in [6.45, 7) is 6.73. The Bertz CT molecular complexity index is 188. The number of carbonyl (C=O) groups is 1. The third-order valence-electron chi connectivity index (χ3n) is 2.70. The molecule has 0 heterocycles. The van der Waals surface area contributed by atoms with E-state index in [2.05, 4.69) is 24.5 Å². The summed E-state index contributed by atoms with van der Waals surface area (Å²) < 4.78 is 0. The van der Waals surface area contributed by atoms with Crippen LogP contribution < -0.4 is 10.6 Å². The molecule has 88 valence electrons. The van der Waals surface area contributed by atoms with Crippen molar-refractivity contribution in [2.75, 3.05) is 19.6 Å². The molecule has 0 aliphatic heterocycles. The molecule has 0 saturated heterocycles. The first-order chi connectivity index (χ1) is 7.18. The van der Waals surface area contributed by atoms with Crippen molar-refractivity contribution in [2.45, 2.75) is 39.5 Å². The van der Waals surface area contributed by atoms with Crippen LogP contribution >= 0.6 is 0 Å². The quantitative estimate of drug-likeness (QED) is 0.599. The first-order valence-electron chi connectivity index (χ1n) is 6.16. The van der Waals surface area contributed by atoms with Crippen LogP contribution in [0.2, 0.25) is 0 Å². The minimum absolute atomic E-state index is 0.138. The number of nitrogens with one attached hydrogen (secondary N) is 2. The summed E-state index contributed by atoms with van der Waals surface area (Å²) in [7, 11) is 0. The summed E-state index contributed by atoms with van der Waals surface area (Å²) in [5.74, 6) is 1.72. The Hall–Kier alpha value is -0.570. The average Bonchev–Trinajstić information content (AvgIpc) is 2.96. The van der Waals surface area contributed by atoms with Crippen LogP contribution in [0.15, 0.2) is 0 Å². The van der Waals surface area contributed by atoms with E-state index in [1.165, 1.54) is 19.3 Å². The molecule has 1 aliphatic carbocycles. The van der Waals surface area contributed by atoms with Crippen LogP contribution in [-0.4, -0.2) is 25.5 Å². The Balaban J connectivity index is 1.84. The van der Waals surface area contributed by atoms with Gasteiger partial charge in [-0.2, -0.15) is 0 Å². The van der Waals surface area contributed by atoms with Gasteiger partial charge in [0.05, 0.1) is 6.54 Å². The van der Waals surface area contributed by atoms with Gasteiger partial charge in [-0.3, -0.25) is 4.79 Å². The number of amides is 1. The van der Waals surface area contributed by atoms with Crippen molar-refractivity contribution in [3.05, 3.63) is 0 Å². The molecule has 0 spiro atoms. The highest BCUT2D eigenvalue weighted by Gasteiger charge is 2.20. The van der Waals surface area contributed by atoms with Crippen LogP contribution in [0.1, 0.15) is 39.5 Å². The monoisotopic (exact) mass is 212 g/mol. The molecule has 1 amide bonds. The maximum absolute atomic E-state index is 11.3. The molecule has 0 atom stereocenters. The molecule has 0 radical (unpaired) electrons. The average molecular weight is 212 g/mol. The molecule has 1 rings (SSSR count). The summed E-state index contributed by atoms with van der Waals surface area (Å²) in [6, 6.07) is 0. The smallest absolute Gasteiger partial charge is 0.233 e. The van der Waals surface area contributed by atoms with Crippen LogP contribution in [0.5, 0.6) is 0 Å². The van der Waals surface area contributed by atoms with Crippen molar-refractivity contribution in [1.29, 1.82) is 0 Å². The van der Waals surface area contributed by atoms with E-state index in [9.17, 15) is 4.79 Å². The first-order valence-corrected chi connectivity index (χ1v) is 6.16. The zero-order valence-corrected chi connectivity index (χ0v) is 10.0. The lowest BCUT2D eigenvalue weighted by Gasteiger charge is -2.07. The van der Waals surface area contributed by atoms with E-state index in [0.717, 1.165) is 31.3 Å². The van der Waals surface area contributed by atoms with E-state index in [4.69, 9.17) is 0 Å². The lowest BCUT2D eigenvalue weighted by Crippen LogP contribution is -2.35. The van der Waals surface area contributed by atoms with Crippen molar-refractivity contribution in [1.82, 2.24) is 10.6 Å². The van der Waals surface area contributed by atoms with Crippen molar-refractivity contribution in [3.8, 4) is 0 Å². The molecule has 0 aromatic rings. The fraction of sp³-hybridized carbons (Fsp3) is 0.917. The Morgan fingerprint density at radius 2 is 2.13 bits per heavy atom. The largest absolute Gasteiger partial charge is 0.355 e. The molecule has 15 heavy (non-hydrogen) atoms. The van der Waals surface area contributed by atoms with Gasteiger partial charge in [-0.05, 0) is 44.1 Å². The standard InChI is InChI=1S/C12H24N2O/c1-10(2)4-3-7-14-12(15)9-13-8-11-5-6-11/h10-11,13H,3-9H2,1-2H3,(H,14,15). The zero-order chi connectivity index (χ0) is 11.1. The summed E-state index contributed by atoms with van der Waals surface area (Å²) in [5, 5.41) is 6.12. The SMILES string of the molecule is CC(C)CCCNC(=O)CNCC1CC1. The molecule has 0 aromatic heterocycles. The van der Waals surface area contributed by atoms with E-state index in [-0.39, 0.29) is 5.91 Å². The van der Waals surface area contributed by atoms with Gasteiger partial charge >= 0.3 is 0 Å². The summed E-state index contributed by atoms with van der Waals surface area (Å²) in [4.78, 5) is 11.3. The van der Waals surface area contributed by atoms with E-state index in [1.54, 1.807) is 0 Å². The van der Waals surface area contributed by atoms with Gasteiger partial charge in [-0.15, -0.1) is 0 Å². The molecule has 1 saturated carbocycles. The highest BCUT2D eigenvalue weighted by atomic mass is 16.1. The maximum Gasteiger partial charge on any atom is 0.233 e. The van der Waals surface area contributed by atoms with Gasteiger partial charge in [-0.1, -0.05) is 13.8 Å². The van der Waals surface area contributed by atoms with Gasteiger partial charge in [0, 0.05) is 6.54 Å². The van der Waals surface area contributed by atoms with Crippen LogP contribution in [0.25, 0.3) is 0 Å². The Labute approximate surface area is 93.0 Å². The van der Waals surface area contributed by atoms with Gasteiger partial charge in [0.2, 0.25) is 5.91 Å². The van der Waals surface area contributed by atoms with Gasteiger partial charge in [-0.25, -0.2) is 0 Å². The van der Waals surface area contributed by atoms with Gasteiger partial charge in [0.1, 0.15) is 0 Å². The summed E-state index contributed by atoms with van der Waals surface area (Å²) in [6.07, 6.45) is 4.95. The number of rotatable bonds is 8. The second-order valence-electron chi connectivity index (χ2n) is 4.96. The van der Waals surface area contributed by atoms with Gasteiger partial charge < -0.3 is 10.6 Å². The molecule has 3 nitrogen and oxygen atoms in total. The number of hydrogen-bond acceptors (Lipinski definition) is 2. The third-order valence-corrected chi connectivity index (χ3v) is 2.70. The normalized spacial score (nSPS) is 15.7. The van der Waals surface area contributed by atoms with Crippen molar-refractivity contribution < 1.29 is 4.79 Å². The molecule has 0 bridgehead atoms. The fourth-order valence-electron chi connectivity index (χ4n) is 1.51.